The zero-order valence-electron chi connectivity index (χ0n) is 17.8. The molecule has 166 valence electrons. The smallest absolute Gasteiger partial charge is 0.276 e. The lowest BCUT2D eigenvalue weighted by Crippen LogP contribution is -2.38. The first-order valence-corrected chi connectivity index (χ1v) is 10.8. The van der Waals surface area contributed by atoms with E-state index in [1.807, 2.05) is 35.2 Å². The van der Waals surface area contributed by atoms with Gasteiger partial charge < -0.3 is 10.2 Å². The van der Waals surface area contributed by atoms with Gasteiger partial charge in [-0.2, -0.15) is 5.10 Å². The Labute approximate surface area is 189 Å². The van der Waals surface area contributed by atoms with Gasteiger partial charge in [-0.3, -0.25) is 19.7 Å². The number of piperidine rings is 1. The number of nitrogens with zero attached hydrogens (tertiary/aromatic N) is 3. The maximum absolute atomic E-state index is 13.8. The van der Waals surface area contributed by atoms with Crippen molar-refractivity contribution in [2.75, 3.05) is 18.4 Å². The number of carbonyl (C=O) groups excluding carboxylic acids is 2. The fourth-order valence-corrected chi connectivity index (χ4v) is 4.24. The predicted octanol–water partition coefficient (Wildman–Crippen LogP) is 4.37. The Bertz CT molecular complexity index is 1320. The van der Waals surface area contributed by atoms with Gasteiger partial charge in [0.05, 0.1) is 5.69 Å². The van der Waals surface area contributed by atoms with E-state index in [0.29, 0.717) is 18.8 Å². The maximum Gasteiger partial charge on any atom is 0.276 e. The second-order valence-corrected chi connectivity index (χ2v) is 8.09. The number of fused-ring (bicyclic) bond motifs is 1. The lowest BCUT2D eigenvalue weighted by molar-refractivity contribution is 0.0708. The van der Waals surface area contributed by atoms with E-state index in [0.717, 1.165) is 29.3 Å². The highest BCUT2D eigenvalue weighted by atomic mass is 19.1. The van der Waals surface area contributed by atoms with Crippen LogP contribution in [0.3, 0.4) is 0 Å². The van der Waals surface area contributed by atoms with Crippen LogP contribution in [0, 0.1) is 5.82 Å². The number of benzene rings is 2. The average Bonchev–Trinajstić information content (AvgIpc) is 3.35. The van der Waals surface area contributed by atoms with E-state index in [1.54, 1.807) is 24.4 Å². The summed E-state index contributed by atoms with van der Waals surface area (Å²) in [5.74, 6) is -0.895. The second kappa shape index (κ2) is 8.82. The molecule has 3 heterocycles. The van der Waals surface area contributed by atoms with E-state index in [1.165, 1.54) is 12.1 Å². The summed E-state index contributed by atoms with van der Waals surface area (Å²) in [6.07, 6.45) is 3.15. The van der Waals surface area contributed by atoms with Crippen LogP contribution in [-0.2, 0) is 0 Å². The van der Waals surface area contributed by atoms with Gasteiger partial charge in [-0.25, -0.2) is 4.39 Å². The number of nitrogens with one attached hydrogen (secondary N) is 2. The molecule has 0 unspecified atom stereocenters. The molecule has 0 radical (unpaired) electrons. The number of hydrogen-bond acceptors (Lipinski definition) is 4. The van der Waals surface area contributed by atoms with Crippen LogP contribution >= 0.6 is 0 Å². The van der Waals surface area contributed by atoms with E-state index < -0.39 is 11.7 Å². The SMILES string of the molecule is O=C(Nc1ccccc1F)c1cc(C2CCN(C(=O)c3nccc4ccccc34)CC2)[nH]n1. The summed E-state index contributed by atoms with van der Waals surface area (Å²) in [7, 11) is 0. The zero-order chi connectivity index (χ0) is 22.8. The van der Waals surface area contributed by atoms with Crippen molar-refractivity contribution in [2.45, 2.75) is 18.8 Å². The maximum atomic E-state index is 13.8. The highest BCUT2D eigenvalue weighted by molar-refractivity contribution is 6.05. The van der Waals surface area contributed by atoms with Crippen LogP contribution in [0.5, 0.6) is 0 Å². The van der Waals surface area contributed by atoms with Crippen LogP contribution in [-0.4, -0.2) is 45.0 Å². The molecule has 1 aliphatic heterocycles. The van der Waals surface area contributed by atoms with Crippen molar-refractivity contribution >= 4 is 28.3 Å². The van der Waals surface area contributed by atoms with Crippen LogP contribution in [0.15, 0.2) is 66.9 Å². The molecule has 1 aliphatic rings. The fraction of sp³-hybridized carbons (Fsp3) is 0.200. The van der Waals surface area contributed by atoms with Crippen molar-refractivity contribution in [3.8, 4) is 0 Å². The highest BCUT2D eigenvalue weighted by Crippen LogP contribution is 2.29. The van der Waals surface area contributed by atoms with E-state index in [-0.39, 0.29) is 23.2 Å². The number of anilines is 1. The van der Waals surface area contributed by atoms with E-state index in [9.17, 15) is 14.0 Å². The van der Waals surface area contributed by atoms with Crippen LogP contribution in [0.25, 0.3) is 10.8 Å². The van der Waals surface area contributed by atoms with Gasteiger partial charge in [0.25, 0.3) is 11.8 Å². The minimum atomic E-state index is -0.501. The average molecular weight is 443 g/mol. The topological polar surface area (TPSA) is 91.0 Å². The van der Waals surface area contributed by atoms with E-state index >= 15 is 0 Å². The first kappa shape index (κ1) is 20.8. The minimum Gasteiger partial charge on any atom is -0.337 e. The van der Waals surface area contributed by atoms with Crippen LogP contribution in [0.1, 0.15) is 45.4 Å². The van der Waals surface area contributed by atoms with Gasteiger partial charge >= 0.3 is 0 Å². The van der Waals surface area contributed by atoms with Crippen molar-refractivity contribution < 1.29 is 14.0 Å². The number of aromatic nitrogens is 3. The molecule has 0 bridgehead atoms. The summed E-state index contributed by atoms with van der Waals surface area (Å²) in [4.78, 5) is 31.7. The van der Waals surface area contributed by atoms with Gasteiger partial charge in [0.2, 0.25) is 0 Å². The molecule has 0 spiro atoms. The molecule has 8 heteroatoms. The van der Waals surface area contributed by atoms with Gasteiger partial charge in [-0.15, -0.1) is 0 Å². The molecule has 4 aromatic rings. The van der Waals surface area contributed by atoms with E-state index in [4.69, 9.17) is 0 Å². The van der Waals surface area contributed by atoms with Crippen molar-refractivity contribution in [3.05, 3.63) is 89.8 Å². The molecule has 2 aromatic heterocycles. The molecule has 5 rings (SSSR count). The number of hydrogen-bond donors (Lipinski definition) is 2. The molecule has 0 aliphatic carbocycles. The van der Waals surface area contributed by atoms with Gasteiger partial charge in [-0.05, 0) is 42.5 Å². The Morgan fingerprint density at radius 3 is 2.61 bits per heavy atom. The standard InChI is InChI=1S/C25H22FN5O2/c26-19-7-3-4-8-20(19)28-24(32)22-15-21(29-30-22)17-10-13-31(14-11-17)25(33)23-18-6-2-1-5-16(18)9-12-27-23/h1-9,12,15,17H,10-11,13-14H2,(H,28,32)(H,29,30). The van der Waals surface area contributed by atoms with Crippen molar-refractivity contribution in [3.63, 3.8) is 0 Å². The fourth-order valence-electron chi connectivity index (χ4n) is 4.24. The van der Waals surface area contributed by atoms with Crippen molar-refractivity contribution in [1.29, 1.82) is 0 Å². The first-order valence-electron chi connectivity index (χ1n) is 10.8. The molecule has 1 saturated heterocycles. The summed E-state index contributed by atoms with van der Waals surface area (Å²) in [6, 6.07) is 17.3. The molecular weight excluding hydrogens is 421 g/mol. The molecule has 2 aromatic carbocycles. The number of para-hydroxylation sites is 1. The van der Waals surface area contributed by atoms with Gasteiger partial charge in [-0.1, -0.05) is 36.4 Å². The number of likely N-dealkylation sites (tertiary alicyclic amines) is 1. The Balaban J connectivity index is 1.23. The van der Waals surface area contributed by atoms with Crippen LogP contribution in [0.4, 0.5) is 10.1 Å². The molecule has 0 atom stereocenters. The molecule has 2 N–H and O–H groups in total. The Morgan fingerprint density at radius 1 is 1.03 bits per heavy atom. The number of aromatic amines is 1. The number of halogens is 1. The summed E-state index contributed by atoms with van der Waals surface area (Å²) in [6.45, 7) is 1.17. The number of carbonyl (C=O) groups is 2. The third kappa shape index (κ3) is 4.19. The van der Waals surface area contributed by atoms with Crippen LogP contribution < -0.4 is 5.32 Å². The molecule has 33 heavy (non-hydrogen) atoms. The molecule has 2 amide bonds. The molecule has 7 nitrogen and oxygen atoms in total. The largest absolute Gasteiger partial charge is 0.337 e. The summed E-state index contributed by atoms with van der Waals surface area (Å²) in [5.41, 5.74) is 1.62. The Kier molecular flexibility index (Phi) is 5.56. The Morgan fingerprint density at radius 2 is 1.79 bits per heavy atom. The number of rotatable bonds is 4. The number of pyridine rings is 1. The van der Waals surface area contributed by atoms with E-state index in [2.05, 4.69) is 20.5 Å². The summed E-state index contributed by atoms with van der Waals surface area (Å²) in [5, 5.41) is 11.4. The molecular formula is C25H22FN5O2. The zero-order valence-corrected chi connectivity index (χ0v) is 17.8. The van der Waals surface area contributed by atoms with Crippen molar-refractivity contribution in [2.24, 2.45) is 0 Å². The first-order chi connectivity index (χ1) is 16.1. The van der Waals surface area contributed by atoms with Gasteiger partial charge in [0, 0.05) is 36.3 Å². The molecule has 1 fully saturated rings. The van der Waals surface area contributed by atoms with Gasteiger partial charge in [0.15, 0.2) is 5.69 Å². The normalized spacial score (nSPS) is 14.4. The third-order valence-electron chi connectivity index (χ3n) is 6.05. The van der Waals surface area contributed by atoms with Gasteiger partial charge in [0.1, 0.15) is 11.5 Å². The van der Waals surface area contributed by atoms with Crippen LogP contribution in [0.2, 0.25) is 0 Å². The molecule has 0 saturated carbocycles. The lowest BCUT2D eigenvalue weighted by atomic mass is 9.93. The number of H-pyrrole nitrogens is 1. The second-order valence-electron chi connectivity index (χ2n) is 8.09. The predicted molar refractivity (Wildman–Crippen MR) is 123 cm³/mol. The number of amides is 2. The highest BCUT2D eigenvalue weighted by Gasteiger charge is 2.27. The summed E-state index contributed by atoms with van der Waals surface area (Å²) >= 11 is 0. The Hall–Kier alpha value is -4.07. The quantitative estimate of drug-likeness (QED) is 0.490. The van der Waals surface area contributed by atoms with Crippen molar-refractivity contribution in [1.82, 2.24) is 20.1 Å². The third-order valence-corrected chi connectivity index (χ3v) is 6.05. The minimum absolute atomic E-state index is 0.0696. The summed E-state index contributed by atoms with van der Waals surface area (Å²) < 4.78 is 13.8. The lowest BCUT2D eigenvalue weighted by Gasteiger charge is -2.31. The monoisotopic (exact) mass is 443 g/mol.